The molecule has 0 N–H and O–H groups in total. The van der Waals surface area contributed by atoms with Gasteiger partial charge in [-0.25, -0.2) is 0 Å². The number of carbonyl (C=O) groups excluding carboxylic acids is 3. The van der Waals surface area contributed by atoms with Crippen LogP contribution < -0.4 is 4.90 Å². The number of hydrogen-bond acceptors (Lipinski definition) is 5. The zero-order chi connectivity index (χ0) is 20.2. The Hall–Kier alpha value is -2.28. The van der Waals surface area contributed by atoms with Crippen molar-refractivity contribution in [3.8, 4) is 0 Å². The van der Waals surface area contributed by atoms with E-state index in [1.807, 2.05) is 12.1 Å². The van der Waals surface area contributed by atoms with Crippen LogP contribution in [0.15, 0.2) is 29.2 Å². The van der Waals surface area contributed by atoms with Gasteiger partial charge in [-0.3, -0.25) is 19.3 Å². The predicted octanol–water partition coefficient (Wildman–Crippen LogP) is 3.73. The summed E-state index contributed by atoms with van der Waals surface area (Å²) in [4.78, 5) is 43.1. The highest BCUT2D eigenvalue weighted by atomic mass is 32.2. The molecule has 1 aromatic carbocycles. The van der Waals surface area contributed by atoms with Crippen molar-refractivity contribution in [3.63, 3.8) is 0 Å². The van der Waals surface area contributed by atoms with Crippen molar-refractivity contribution in [3.05, 3.63) is 34.7 Å². The molecule has 4 rings (SSSR count). The number of nitrogens with zero attached hydrogens (tertiary/aromatic N) is 3. The fourth-order valence-corrected chi connectivity index (χ4v) is 4.94. The third-order valence-corrected chi connectivity index (χ3v) is 6.70. The van der Waals surface area contributed by atoms with Gasteiger partial charge < -0.3 is 9.80 Å². The number of rotatable bonds is 4. The molecule has 0 bridgehead atoms. The number of likely N-dealkylation sites (tertiary alicyclic amines) is 1. The van der Waals surface area contributed by atoms with E-state index in [1.54, 1.807) is 11.0 Å². The molecule has 0 aliphatic carbocycles. The van der Waals surface area contributed by atoms with Crippen molar-refractivity contribution in [2.75, 3.05) is 37.6 Å². The fraction of sp³-hybridized carbons (Fsp3) is 0.500. The van der Waals surface area contributed by atoms with Gasteiger partial charge in [0, 0.05) is 31.9 Å². The number of hydrogen-bond donors (Lipinski definition) is 0. The first-order valence-electron chi connectivity index (χ1n) is 10.5. The standard InChI is InChI=1S/C22H27N3O3S/c26-20(24-13-5-2-6-14-24)16-25-21(27)19(29-22(25)28)15-17-7-9-18(10-8-17)23-11-3-1-4-12-23/h7-10,15H,1-6,11-14,16H2/b19-15-. The Morgan fingerprint density at radius 3 is 2.17 bits per heavy atom. The molecule has 0 atom stereocenters. The van der Waals surface area contributed by atoms with Crippen LogP contribution in [0.25, 0.3) is 6.08 Å². The molecule has 29 heavy (non-hydrogen) atoms. The zero-order valence-electron chi connectivity index (χ0n) is 16.6. The smallest absolute Gasteiger partial charge is 0.294 e. The summed E-state index contributed by atoms with van der Waals surface area (Å²) in [6.45, 7) is 3.45. The van der Waals surface area contributed by atoms with Crippen LogP contribution >= 0.6 is 11.8 Å². The van der Waals surface area contributed by atoms with Gasteiger partial charge in [0.15, 0.2) is 0 Å². The largest absolute Gasteiger partial charge is 0.372 e. The SMILES string of the molecule is O=C(CN1C(=O)S/C(=C\c2ccc(N3CCCCC3)cc2)C1=O)N1CCCCC1. The lowest BCUT2D eigenvalue weighted by Crippen LogP contribution is -2.44. The van der Waals surface area contributed by atoms with Crippen LogP contribution in [-0.2, 0) is 9.59 Å². The highest BCUT2D eigenvalue weighted by Crippen LogP contribution is 2.32. The average Bonchev–Trinajstić information content (AvgIpc) is 3.03. The Labute approximate surface area is 175 Å². The Balaban J connectivity index is 1.41. The van der Waals surface area contributed by atoms with E-state index in [1.165, 1.54) is 24.9 Å². The van der Waals surface area contributed by atoms with E-state index in [2.05, 4.69) is 17.0 Å². The van der Waals surface area contributed by atoms with Crippen molar-refractivity contribution in [2.45, 2.75) is 38.5 Å². The van der Waals surface area contributed by atoms with E-state index < -0.39 is 0 Å². The van der Waals surface area contributed by atoms with Crippen LogP contribution in [0.5, 0.6) is 0 Å². The van der Waals surface area contributed by atoms with Gasteiger partial charge in [0.1, 0.15) is 6.54 Å². The van der Waals surface area contributed by atoms with Gasteiger partial charge in [-0.1, -0.05) is 12.1 Å². The number of imide groups is 1. The highest BCUT2D eigenvalue weighted by molar-refractivity contribution is 8.18. The van der Waals surface area contributed by atoms with Gasteiger partial charge in [0.05, 0.1) is 4.91 Å². The van der Waals surface area contributed by atoms with Crippen LogP contribution in [0.2, 0.25) is 0 Å². The first-order valence-corrected chi connectivity index (χ1v) is 11.3. The fourth-order valence-electron chi connectivity index (χ4n) is 4.10. The number of benzene rings is 1. The van der Waals surface area contributed by atoms with Crippen molar-refractivity contribution in [1.82, 2.24) is 9.80 Å². The lowest BCUT2D eigenvalue weighted by molar-refractivity contribution is -0.136. The van der Waals surface area contributed by atoms with Gasteiger partial charge in [0.25, 0.3) is 11.1 Å². The van der Waals surface area contributed by atoms with Crippen molar-refractivity contribution < 1.29 is 14.4 Å². The van der Waals surface area contributed by atoms with E-state index in [0.717, 1.165) is 54.6 Å². The molecule has 1 aromatic rings. The number of carbonyl (C=O) groups is 3. The summed E-state index contributed by atoms with van der Waals surface area (Å²) in [6, 6.07) is 8.11. The quantitative estimate of drug-likeness (QED) is 0.704. The maximum Gasteiger partial charge on any atom is 0.294 e. The molecule has 0 aromatic heterocycles. The second-order valence-corrected chi connectivity index (χ2v) is 8.84. The molecule has 154 valence electrons. The lowest BCUT2D eigenvalue weighted by Gasteiger charge is -2.28. The zero-order valence-corrected chi connectivity index (χ0v) is 17.5. The average molecular weight is 414 g/mol. The van der Waals surface area contributed by atoms with Crippen LogP contribution in [0.4, 0.5) is 10.5 Å². The highest BCUT2D eigenvalue weighted by Gasteiger charge is 2.37. The van der Waals surface area contributed by atoms with Crippen LogP contribution in [0.3, 0.4) is 0 Å². The molecular weight excluding hydrogens is 386 g/mol. The second-order valence-electron chi connectivity index (χ2n) is 7.85. The molecule has 3 saturated heterocycles. The maximum atomic E-state index is 12.7. The lowest BCUT2D eigenvalue weighted by atomic mass is 10.1. The van der Waals surface area contributed by atoms with Crippen molar-refractivity contribution >= 4 is 40.6 Å². The monoisotopic (exact) mass is 413 g/mol. The summed E-state index contributed by atoms with van der Waals surface area (Å²) < 4.78 is 0. The molecule has 7 heteroatoms. The minimum absolute atomic E-state index is 0.140. The van der Waals surface area contributed by atoms with Crippen LogP contribution in [0.1, 0.15) is 44.1 Å². The van der Waals surface area contributed by atoms with E-state index >= 15 is 0 Å². The van der Waals surface area contributed by atoms with Crippen LogP contribution in [-0.4, -0.2) is 59.6 Å². The summed E-state index contributed by atoms with van der Waals surface area (Å²) in [7, 11) is 0. The van der Waals surface area contributed by atoms with Gasteiger partial charge in [-0.2, -0.15) is 0 Å². The van der Waals surface area contributed by atoms with Gasteiger partial charge in [-0.05, 0) is 74.1 Å². The number of thioether (sulfide) groups is 1. The number of amides is 3. The summed E-state index contributed by atoms with van der Waals surface area (Å²) >= 11 is 0.915. The molecule has 3 fully saturated rings. The summed E-state index contributed by atoms with van der Waals surface area (Å²) in [5.41, 5.74) is 2.08. The predicted molar refractivity (Wildman–Crippen MR) is 116 cm³/mol. The molecule has 0 saturated carbocycles. The van der Waals surface area contributed by atoms with Gasteiger partial charge in [0.2, 0.25) is 5.91 Å². The summed E-state index contributed by atoms with van der Waals surface area (Å²) in [5.74, 6) is -0.510. The third-order valence-electron chi connectivity index (χ3n) is 5.79. The Kier molecular flexibility index (Phi) is 6.23. The normalized spacial score (nSPS) is 21.9. The van der Waals surface area contributed by atoms with Crippen molar-refractivity contribution in [2.24, 2.45) is 0 Å². The van der Waals surface area contributed by atoms with E-state index in [9.17, 15) is 14.4 Å². The first-order chi connectivity index (χ1) is 14.1. The minimum atomic E-state index is -0.370. The van der Waals surface area contributed by atoms with Crippen molar-refractivity contribution in [1.29, 1.82) is 0 Å². The third kappa shape index (κ3) is 4.66. The topological polar surface area (TPSA) is 60.9 Å². The summed E-state index contributed by atoms with van der Waals surface area (Å²) in [5, 5.41) is -0.364. The number of piperidine rings is 2. The van der Waals surface area contributed by atoms with E-state index in [-0.39, 0.29) is 23.6 Å². The molecule has 3 heterocycles. The molecule has 3 aliphatic heterocycles. The number of anilines is 1. The Bertz CT molecular complexity index is 809. The Morgan fingerprint density at radius 2 is 1.52 bits per heavy atom. The molecule has 0 spiro atoms. The molecule has 3 amide bonds. The van der Waals surface area contributed by atoms with Gasteiger partial charge in [-0.15, -0.1) is 0 Å². The van der Waals surface area contributed by atoms with E-state index in [4.69, 9.17) is 0 Å². The molecule has 3 aliphatic rings. The first kappa shape index (κ1) is 20.0. The molecule has 6 nitrogen and oxygen atoms in total. The molecule has 0 radical (unpaired) electrons. The van der Waals surface area contributed by atoms with Crippen LogP contribution in [0, 0.1) is 0 Å². The van der Waals surface area contributed by atoms with E-state index in [0.29, 0.717) is 18.0 Å². The molecular formula is C22H27N3O3S. The Morgan fingerprint density at radius 1 is 0.897 bits per heavy atom. The van der Waals surface area contributed by atoms with Gasteiger partial charge >= 0.3 is 0 Å². The summed E-state index contributed by atoms with van der Waals surface area (Å²) in [6.07, 6.45) is 8.60. The molecule has 0 unspecified atom stereocenters. The minimum Gasteiger partial charge on any atom is -0.372 e. The second kappa shape index (κ2) is 9.03. The maximum absolute atomic E-state index is 12.7.